The van der Waals surface area contributed by atoms with Crippen LogP contribution in [0.3, 0.4) is 0 Å². The molecule has 3 aromatic rings. The lowest BCUT2D eigenvalue weighted by atomic mass is 10.1. The Morgan fingerprint density at radius 3 is 2.67 bits per heavy atom. The number of aromatic nitrogens is 1. The summed E-state index contributed by atoms with van der Waals surface area (Å²) in [5, 5.41) is 6.22. The highest BCUT2D eigenvalue weighted by molar-refractivity contribution is 5.94. The van der Waals surface area contributed by atoms with Gasteiger partial charge in [-0.15, -0.1) is 0 Å². The van der Waals surface area contributed by atoms with E-state index >= 15 is 0 Å². The molecule has 0 unspecified atom stereocenters. The van der Waals surface area contributed by atoms with Gasteiger partial charge in [-0.3, -0.25) is 9.78 Å². The van der Waals surface area contributed by atoms with Gasteiger partial charge in [-0.2, -0.15) is 0 Å². The molecule has 27 heavy (non-hydrogen) atoms. The maximum absolute atomic E-state index is 12.5. The first-order chi connectivity index (χ1) is 13.2. The Kier molecular flexibility index (Phi) is 6.05. The fourth-order valence-corrected chi connectivity index (χ4v) is 2.73. The number of anilines is 2. The third kappa shape index (κ3) is 4.85. The zero-order valence-corrected chi connectivity index (χ0v) is 15.5. The molecule has 1 heterocycles. The summed E-state index contributed by atoms with van der Waals surface area (Å²) in [5.41, 5.74) is 4.31. The van der Waals surface area contributed by atoms with E-state index in [2.05, 4.69) is 15.6 Å². The smallest absolute Gasteiger partial charge is 0.253 e. The monoisotopic (exact) mass is 361 g/mol. The number of hydrogen-bond acceptors (Lipinski definition) is 4. The molecular formula is C22H23N3O2. The Balaban J connectivity index is 1.70. The van der Waals surface area contributed by atoms with Crippen molar-refractivity contribution in [1.29, 1.82) is 0 Å². The van der Waals surface area contributed by atoms with Crippen LogP contribution in [0.2, 0.25) is 0 Å². The van der Waals surface area contributed by atoms with Crippen LogP contribution in [0, 0.1) is 6.92 Å². The van der Waals surface area contributed by atoms with Crippen LogP contribution in [-0.4, -0.2) is 17.5 Å². The normalized spacial score (nSPS) is 10.3. The maximum Gasteiger partial charge on any atom is 0.253 e. The van der Waals surface area contributed by atoms with E-state index in [1.165, 1.54) is 0 Å². The van der Waals surface area contributed by atoms with Crippen molar-refractivity contribution >= 4 is 17.3 Å². The maximum atomic E-state index is 12.5. The first-order valence-electron chi connectivity index (χ1n) is 8.94. The number of nitrogens with zero attached hydrogens (tertiary/aromatic N) is 1. The molecule has 0 radical (unpaired) electrons. The topological polar surface area (TPSA) is 63.2 Å². The van der Waals surface area contributed by atoms with Crippen LogP contribution < -0.4 is 15.4 Å². The molecule has 0 bridgehead atoms. The van der Waals surface area contributed by atoms with Gasteiger partial charge < -0.3 is 15.4 Å². The molecule has 5 nitrogen and oxygen atoms in total. The number of para-hydroxylation sites is 2. The molecule has 2 aromatic carbocycles. The largest absolute Gasteiger partial charge is 0.492 e. The van der Waals surface area contributed by atoms with E-state index < -0.39 is 0 Å². The number of carbonyl (C=O) groups excluding carboxylic acids is 1. The van der Waals surface area contributed by atoms with E-state index in [0.29, 0.717) is 18.7 Å². The number of ether oxygens (including phenoxy) is 1. The van der Waals surface area contributed by atoms with E-state index in [-0.39, 0.29) is 5.91 Å². The average molecular weight is 361 g/mol. The van der Waals surface area contributed by atoms with Gasteiger partial charge in [0.25, 0.3) is 5.91 Å². The molecule has 3 rings (SSSR count). The molecule has 0 fully saturated rings. The SMILES string of the molecule is CCOc1ccccc1Nc1cncc(C(=O)NCc2ccccc2C)c1. The summed E-state index contributed by atoms with van der Waals surface area (Å²) in [4.78, 5) is 16.7. The van der Waals surface area contributed by atoms with E-state index in [4.69, 9.17) is 4.74 Å². The van der Waals surface area contributed by atoms with E-state index in [0.717, 1.165) is 28.3 Å². The fraction of sp³-hybridized carbons (Fsp3) is 0.182. The van der Waals surface area contributed by atoms with Crippen molar-refractivity contribution < 1.29 is 9.53 Å². The lowest BCUT2D eigenvalue weighted by Gasteiger charge is -2.13. The number of nitrogens with one attached hydrogen (secondary N) is 2. The van der Waals surface area contributed by atoms with Gasteiger partial charge in [0.2, 0.25) is 0 Å². The second-order valence-corrected chi connectivity index (χ2v) is 6.13. The number of carbonyl (C=O) groups is 1. The summed E-state index contributed by atoms with van der Waals surface area (Å²) < 4.78 is 5.62. The van der Waals surface area contributed by atoms with Gasteiger partial charge in [0, 0.05) is 12.7 Å². The second-order valence-electron chi connectivity index (χ2n) is 6.13. The van der Waals surface area contributed by atoms with Crippen molar-refractivity contribution in [3.05, 3.63) is 83.7 Å². The highest BCUT2D eigenvalue weighted by Crippen LogP contribution is 2.27. The predicted octanol–water partition coefficient (Wildman–Crippen LogP) is 4.46. The molecule has 0 saturated carbocycles. The fourth-order valence-electron chi connectivity index (χ4n) is 2.73. The summed E-state index contributed by atoms with van der Waals surface area (Å²) in [6.45, 7) is 5.04. The molecule has 2 N–H and O–H groups in total. The van der Waals surface area contributed by atoms with Gasteiger partial charge in [0.1, 0.15) is 5.75 Å². The molecule has 0 aliphatic carbocycles. The minimum Gasteiger partial charge on any atom is -0.492 e. The molecule has 5 heteroatoms. The van der Waals surface area contributed by atoms with Crippen molar-refractivity contribution in [1.82, 2.24) is 10.3 Å². The molecule has 0 aliphatic rings. The highest BCUT2D eigenvalue weighted by atomic mass is 16.5. The van der Waals surface area contributed by atoms with Crippen LogP contribution in [-0.2, 0) is 6.54 Å². The van der Waals surface area contributed by atoms with E-state index in [9.17, 15) is 4.79 Å². The molecule has 0 atom stereocenters. The van der Waals surface area contributed by atoms with Crippen molar-refractivity contribution in [3.63, 3.8) is 0 Å². The van der Waals surface area contributed by atoms with Gasteiger partial charge in [-0.05, 0) is 43.2 Å². The Labute approximate surface area is 159 Å². The van der Waals surface area contributed by atoms with Crippen molar-refractivity contribution in [2.45, 2.75) is 20.4 Å². The van der Waals surface area contributed by atoms with Gasteiger partial charge in [-0.25, -0.2) is 0 Å². The summed E-state index contributed by atoms with van der Waals surface area (Å²) in [6.07, 6.45) is 3.24. The van der Waals surface area contributed by atoms with E-state index in [1.54, 1.807) is 18.5 Å². The quantitative estimate of drug-likeness (QED) is 0.652. The highest BCUT2D eigenvalue weighted by Gasteiger charge is 2.09. The molecule has 1 aromatic heterocycles. The Bertz CT molecular complexity index is 925. The summed E-state index contributed by atoms with van der Waals surface area (Å²) in [6, 6.07) is 17.5. The molecule has 1 amide bonds. The molecule has 0 spiro atoms. The molecule has 0 saturated heterocycles. The zero-order chi connectivity index (χ0) is 19.1. The van der Waals surface area contributed by atoms with Crippen LogP contribution >= 0.6 is 0 Å². The number of amides is 1. The van der Waals surface area contributed by atoms with Crippen molar-refractivity contribution in [2.24, 2.45) is 0 Å². The lowest BCUT2D eigenvalue weighted by molar-refractivity contribution is 0.0950. The van der Waals surface area contributed by atoms with Crippen LogP contribution in [0.5, 0.6) is 5.75 Å². The van der Waals surface area contributed by atoms with E-state index in [1.807, 2.05) is 62.4 Å². The number of hydrogen-bond donors (Lipinski definition) is 2. The van der Waals surface area contributed by atoms with Crippen LogP contribution in [0.4, 0.5) is 11.4 Å². The van der Waals surface area contributed by atoms with Crippen LogP contribution in [0.25, 0.3) is 0 Å². The number of benzene rings is 2. The average Bonchev–Trinajstić information content (AvgIpc) is 2.69. The minimum absolute atomic E-state index is 0.160. The van der Waals surface area contributed by atoms with Crippen molar-refractivity contribution in [2.75, 3.05) is 11.9 Å². The first kappa shape index (κ1) is 18.5. The summed E-state index contributed by atoms with van der Waals surface area (Å²) in [5.74, 6) is 0.599. The van der Waals surface area contributed by atoms with Crippen LogP contribution in [0.1, 0.15) is 28.4 Å². The first-order valence-corrected chi connectivity index (χ1v) is 8.94. The molecular weight excluding hydrogens is 338 g/mol. The lowest BCUT2D eigenvalue weighted by Crippen LogP contribution is -2.23. The third-order valence-corrected chi connectivity index (χ3v) is 4.17. The summed E-state index contributed by atoms with van der Waals surface area (Å²) >= 11 is 0. The van der Waals surface area contributed by atoms with Gasteiger partial charge >= 0.3 is 0 Å². The predicted molar refractivity (Wildman–Crippen MR) is 107 cm³/mol. The Hall–Kier alpha value is -3.34. The van der Waals surface area contributed by atoms with Crippen LogP contribution in [0.15, 0.2) is 67.0 Å². The minimum atomic E-state index is -0.160. The third-order valence-electron chi connectivity index (χ3n) is 4.17. The summed E-state index contributed by atoms with van der Waals surface area (Å²) in [7, 11) is 0. The number of rotatable bonds is 7. The second kappa shape index (κ2) is 8.85. The van der Waals surface area contributed by atoms with Gasteiger partial charge in [0.05, 0.1) is 29.7 Å². The van der Waals surface area contributed by atoms with Gasteiger partial charge in [0.15, 0.2) is 0 Å². The Morgan fingerprint density at radius 2 is 1.85 bits per heavy atom. The number of pyridine rings is 1. The number of aryl methyl sites for hydroxylation is 1. The van der Waals surface area contributed by atoms with Crippen molar-refractivity contribution in [3.8, 4) is 5.75 Å². The Morgan fingerprint density at radius 1 is 1.07 bits per heavy atom. The van der Waals surface area contributed by atoms with Gasteiger partial charge in [-0.1, -0.05) is 36.4 Å². The molecule has 0 aliphatic heterocycles. The zero-order valence-electron chi connectivity index (χ0n) is 15.5. The molecule has 138 valence electrons. The standard InChI is InChI=1S/C22H23N3O2/c1-3-27-21-11-7-6-10-20(21)25-19-12-18(13-23-15-19)22(26)24-14-17-9-5-4-8-16(17)2/h4-13,15,25H,3,14H2,1-2H3,(H,24,26).